The zero-order valence-electron chi connectivity index (χ0n) is 16.0. The Balaban J connectivity index is 1.52. The van der Waals surface area contributed by atoms with Gasteiger partial charge in [0, 0.05) is 24.5 Å². The van der Waals surface area contributed by atoms with Crippen LogP contribution >= 0.6 is 11.8 Å². The Bertz CT molecular complexity index is 820. The van der Waals surface area contributed by atoms with Crippen molar-refractivity contribution in [3.63, 3.8) is 0 Å². The number of nitrogens with zero attached hydrogens (tertiary/aromatic N) is 1. The molecule has 0 aliphatic carbocycles. The summed E-state index contributed by atoms with van der Waals surface area (Å²) in [5, 5.41) is 0. The second kappa shape index (κ2) is 8.22. The molecule has 4 rings (SSSR count). The molecular weight excluding hydrogens is 346 g/mol. The normalized spacial score (nSPS) is 14.0. The molecule has 0 aromatic heterocycles. The van der Waals surface area contributed by atoms with E-state index in [-0.39, 0.29) is 4.75 Å². The molecule has 1 aliphatic rings. The van der Waals surface area contributed by atoms with Crippen molar-refractivity contribution < 1.29 is 0 Å². The van der Waals surface area contributed by atoms with Crippen molar-refractivity contribution in [3.05, 3.63) is 102 Å². The lowest BCUT2D eigenvalue weighted by Gasteiger charge is -2.34. The van der Waals surface area contributed by atoms with Crippen LogP contribution in [0.2, 0.25) is 0 Å². The van der Waals surface area contributed by atoms with Crippen molar-refractivity contribution in [2.45, 2.75) is 24.5 Å². The second-order valence-electron chi connectivity index (χ2n) is 7.33. The number of anilines is 1. The topological polar surface area (TPSA) is 3.24 Å². The molecule has 0 spiro atoms. The van der Waals surface area contributed by atoms with Gasteiger partial charge in [-0.3, -0.25) is 0 Å². The van der Waals surface area contributed by atoms with E-state index in [0.717, 1.165) is 12.3 Å². The SMILES string of the molecule is CC(SCCN1CCCc2ccccc21)(c1ccccc1)c1ccccc1. The zero-order chi connectivity index (χ0) is 18.5. The van der Waals surface area contributed by atoms with Gasteiger partial charge in [0.1, 0.15) is 0 Å². The van der Waals surface area contributed by atoms with Crippen molar-refractivity contribution in [3.8, 4) is 0 Å². The number of thioether (sulfide) groups is 1. The number of hydrogen-bond acceptors (Lipinski definition) is 2. The maximum atomic E-state index is 2.57. The quantitative estimate of drug-likeness (QED) is 0.511. The van der Waals surface area contributed by atoms with Crippen LogP contribution in [0.5, 0.6) is 0 Å². The van der Waals surface area contributed by atoms with Crippen LogP contribution in [-0.4, -0.2) is 18.8 Å². The minimum atomic E-state index is -0.0299. The molecule has 0 bridgehead atoms. The van der Waals surface area contributed by atoms with Crippen molar-refractivity contribution in [1.82, 2.24) is 0 Å². The minimum absolute atomic E-state index is 0.0299. The standard InChI is InChI=1S/C25H27NS/c1-25(22-13-4-2-5-14-22,23-15-6-3-7-16-23)27-20-19-26-18-10-12-21-11-8-9-17-24(21)26/h2-9,11,13-17H,10,12,18-20H2,1H3. The fourth-order valence-electron chi connectivity index (χ4n) is 4.05. The Hall–Kier alpha value is -2.19. The Labute approximate surface area is 167 Å². The molecule has 3 aromatic rings. The van der Waals surface area contributed by atoms with Crippen LogP contribution in [0.15, 0.2) is 84.9 Å². The Morgan fingerprint density at radius 2 is 1.41 bits per heavy atom. The fraction of sp³-hybridized carbons (Fsp3) is 0.280. The van der Waals surface area contributed by atoms with Gasteiger partial charge in [-0.2, -0.15) is 0 Å². The molecule has 0 atom stereocenters. The number of fused-ring (bicyclic) bond motifs is 1. The van der Waals surface area contributed by atoms with Gasteiger partial charge in [-0.15, -0.1) is 11.8 Å². The van der Waals surface area contributed by atoms with Crippen LogP contribution in [0.4, 0.5) is 5.69 Å². The molecule has 1 heterocycles. The van der Waals surface area contributed by atoms with Crippen LogP contribution in [-0.2, 0) is 11.2 Å². The third-order valence-corrected chi connectivity index (χ3v) is 7.04. The smallest absolute Gasteiger partial charge is 0.0629 e. The number of benzene rings is 3. The van der Waals surface area contributed by atoms with Crippen molar-refractivity contribution in [2.24, 2.45) is 0 Å². The van der Waals surface area contributed by atoms with Gasteiger partial charge in [0.15, 0.2) is 0 Å². The highest BCUT2D eigenvalue weighted by molar-refractivity contribution is 8.00. The monoisotopic (exact) mass is 373 g/mol. The van der Waals surface area contributed by atoms with Crippen LogP contribution in [0.3, 0.4) is 0 Å². The number of rotatable bonds is 6. The molecule has 1 aliphatic heterocycles. The van der Waals surface area contributed by atoms with Crippen molar-refractivity contribution in [1.29, 1.82) is 0 Å². The molecule has 0 N–H and O–H groups in total. The van der Waals surface area contributed by atoms with E-state index in [1.807, 2.05) is 0 Å². The molecule has 2 heteroatoms. The Morgan fingerprint density at radius 3 is 2.07 bits per heavy atom. The van der Waals surface area contributed by atoms with Gasteiger partial charge in [0.25, 0.3) is 0 Å². The summed E-state index contributed by atoms with van der Waals surface area (Å²) in [5.74, 6) is 1.11. The first-order valence-electron chi connectivity index (χ1n) is 9.85. The highest BCUT2D eigenvalue weighted by atomic mass is 32.2. The summed E-state index contributed by atoms with van der Waals surface area (Å²) >= 11 is 2.06. The van der Waals surface area contributed by atoms with E-state index in [2.05, 4.69) is 109 Å². The van der Waals surface area contributed by atoms with Gasteiger partial charge < -0.3 is 4.90 Å². The molecule has 0 unspecified atom stereocenters. The lowest BCUT2D eigenvalue weighted by atomic mass is 9.92. The highest BCUT2D eigenvalue weighted by Gasteiger charge is 2.29. The van der Waals surface area contributed by atoms with E-state index in [9.17, 15) is 0 Å². The second-order valence-corrected chi connectivity index (χ2v) is 8.85. The van der Waals surface area contributed by atoms with Gasteiger partial charge in [0.2, 0.25) is 0 Å². The summed E-state index contributed by atoms with van der Waals surface area (Å²) < 4.78 is -0.0299. The molecule has 3 aromatic carbocycles. The van der Waals surface area contributed by atoms with Crippen LogP contribution in [0, 0.1) is 0 Å². The zero-order valence-corrected chi connectivity index (χ0v) is 16.8. The Kier molecular flexibility index (Phi) is 5.54. The largest absolute Gasteiger partial charge is 0.370 e. The molecule has 0 fully saturated rings. The van der Waals surface area contributed by atoms with E-state index in [1.54, 1.807) is 0 Å². The predicted octanol–water partition coefficient (Wildman–Crippen LogP) is 6.14. The van der Waals surface area contributed by atoms with Crippen molar-refractivity contribution >= 4 is 17.4 Å². The summed E-state index contributed by atoms with van der Waals surface area (Å²) in [6.45, 7) is 4.63. The highest BCUT2D eigenvalue weighted by Crippen LogP contribution is 2.42. The lowest BCUT2D eigenvalue weighted by molar-refractivity contribution is 0.708. The van der Waals surface area contributed by atoms with E-state index in [1.165, 1.54) is 41.8 Å². The molecule has 1 nitrogen and oxygen atoms in total. The maximum Gasteiger partial charge on any atom is 0.0629 e. The molecule has 0 saturated heterocycles. The minimum Gasteiger partial charge on any atom is -0.370 e. The van der Waals surface area contributed by atoms with Gasteiger partial charge in [-0.25, -0.2) is 0 Å². The third kappa shape index (κ3) is 3.91. The number of para-hydroxylation sites is 1. The van der Waals surface area contributed by atoms with Gasteiger partial charge in [-0.1, -0.05) is 78.9 Å². The Morgan fingerprint density at radius 1 is 0.815 bits per heavy atom. The van der Waals surface area contributed by atoms with Crippen LogP contribution in [0.1, 0.15) is 30.0 Å². The summed E-state index contributed by atoms with van der Waals surface area (Å²) in [6.07, 6.45) is 2.47. The van der Waals surface area contributed by atoms with Crippen LogP contribution < -0.4 is 4.90 Å². The molecular formula is C25H27NS. The number of aryl methyl sites for hydroxylation is 1. The van der Waals surface area contributed by atoms with E-state index < -0.39 is 0 Å². The van der Waals surface area contributed by atoms with Gasteiger partial charge in [-0.05, 0) is 42.5 Å². The summed E-state index contributed by atoms with van der Waals surface area (Å²) in [7, 11) is 0. The lowest BCUT2D eigenvalue weighted by Crippen LogP contribution is -2.32. The summed E-state index contributed by atoms with van der Waals surface area (Å²) in [6, 6.07) is 30.7. The molecule has 0 amide bonds. The van der Waals surface area contributed by atoms with Crippen molar-refractivity contribution in [2.75, 3.05) is 23.7 Å². The fourth-order valence-corrected chi connectivity index (χ4v) is 5.37. The summed E-state index contributed by atoms with van der Waals surface area (Å²) in [4.78, 5) is 2.57. The molecule has 0 saturated carbocycles. The van der Waals surface area contributed by atoms with E-state index in [4.69, 9.17) is 0 Å². The first-order valence-corrected chi connectivity index (χ1v) is 10.8. The van der Waals surface area contributed by atoms with Gasteiger partial charge in [0.05, 0.1) is 4.75 Å². The maximum absolute atomic E-state index is 2.57. The first-order chi connectivity index (χ1) is 13.3. The first kappa shape index (κ1) is 18.2. The average molecular weight is 374 g/mol. The molecule has 138 valence electrons. The number of hydrogen-bond donors (Lipinski definition) is 0. The molecule has 27 heavy (non-hydrogen) atoms. The van der Waals surface area contributed by atoms with E-state index in [0.29, 0.717) is 0 Å². The third-order valence-electron chi connectivity index (χ3n) is 5.61. The summed E-state index contributed by atoms with van der Waals surface area (Å²) in [5.41, 5.74) is 5.69. The van der Waals surface area contributed by atoms with E-state index >= 15 is 0 Å². The van der Waals surface area contributed by atoms with Crippen LogP contribution in [0.25, 0.3) is 0 Å². The predicted molar refractivity (Wildman–Crippen MR) is 119 cm³/mol. The molecule has 0 radical (unpaired) electrons. The average Bonchev–Trinajstić information content (AvgIpc) is 2.75. The van der Waals surface area contributed by atoms with Gasteiger partial charge >= 0.3 is 0 Å².